The Labute approximate surface area is 96.9 Å². The molecule has 1 heterocycles. The highest BCUT2D eigenvalue weighted by molar-refractivity contribution is 5.52. The average Bonchev–Trinajstić information content (AvgIpc) is 2.78. The van der Waals surface area contributed by atoms with Gasteiger partial charge in [-0.05, 0) is 38.7 Å². The van der Waals surface area contributed by atoms with Gasteiger partial charge in [-0.15, -0.1) is 0 Å². The van der Waals surface area contributed by atoms with Crippen molar-refractivity contribution >= 4 is 5.69 Å². The molecule has 1 aromatic rings. The Morgan fingerprint density at radius 1 is 1.44 bits per heavy atom. The van der Waals surface area contributed by atoms with Crippen LogP contribution in [-0.4, -0.2) is 38.1 Å². The maximum absolute atomic E-state index is 8.87. The lowest BCUT2D eigenvalue weighted by Gasteiger charge is -2.21. The van der Waals surface area contributed by atoms with Crippen LogP contribution in [0.2, 0.25) is 0 Å². The molecule has 1 saturated heterocycles. The first-order valence-electron chi connectivity index (χ1n) is 5.62. The van der Waals surface area contributed by atoms with E-state index in [1.54, 1.807) is 0 Å². The molecule has 0 aromatic heterocycles. The predicted octanol–water partition coefficient (Wildman–Crippen LogP) is 1.70. The van der Waals surface area contributed by atoms with Gasteiger partial charge in [0.05, 0.1) is 11.6 Å². The summed E-state index contributed by atoms with van der Waals surface area (Å²) in [6, 6.07) is 10.7. The summed E-state index contributed by atoms with van der Waals surface area (Å²) < 4.78 is 0. The zero-order chi connectivity index (χ0) is 11.5. The van der Waals surface area contributed by atoms with Crippen LogP contribution in [0.25, 0.3) is 0 Å². The minimum absolute atomic E-state index is 0.630. The molecule has 1 atom stereocenters. The van der Waals surface area contributed by atoms with E-state index in [1.807, 2.05) is 18.2 Å². The second-order valence-corrected chi connectivity index (χ2v) is 4.51. The standard InChI is InChI=1S/C13H17N3/c1-15(2)13-6-7-16(10-13)12-5-3-4-11(8-12)9-14/h3-5,8,13H,6-7,10H2,1-2H3. The molecule has 0 N–H and O–H groups in total. The van der Waals surface area contributed by atoms with Crippen molar-refractivity contribution < 1.29 is 0 Å². The van der Waals surface area contributed by atoms with Crippen LogP contribution in [0.5, 0.6) is 0 Å². The van der Waals surface area contributed by atoms with E-state index in [0.29, 0.717) is 6.04 Å². The third kappa shape index (κ3) is 2.17. The zero-order valence-electron chi connectivity index (χ0n) is 9.85. The zero-order valence-corrected chi connectivity index (χ0v) is 9.85. The van der Waals surface area contributed by atoms with Crippen LogP contribution in [0.15, 0.2) is 24.3 Å². The van der Waals surface area contributed by atoms with Crippen molar-refractivity contribution in [3.63, 3.8) is 0 Å². The van der Waals surface area contributed by atoms with Gasteiger partial charge in [0, 0.05) is 24.8 Å². The van der Waals surface area contributed by atoms with Gasteiger partial charge in [0.15, 0.2) is 0 Å². The van der Waals surface area contributed by atoms with Gasteiger partial charge in [0.1, 0.15) is 0 Å². The van der Waals surface area contributed by atoms with Gasteiger partial charge in [0.25, 0.3) is 0 Å². The van der Waals surface area contributed by atoms with Gasteiger partial charge in [0.2, 0.25) is 0 Å². The quantitative estimate of drug-likeness (QED) is 0.752. The van der Waals surface area contributed by atoms with Crippen molar-refractivity contribution in [2.24, 2.45) is 0 Å². The van der Waals surface area contributed by atoms with E-state index >= 15 is 0 Å². The molecule has 3 heteroatoms. The minimum Gasteiger partial charge on any atom is -0.370 e. The molecule has 0 bridgehead atoms. The van der Waals surface area contributed by atoms with Gasteiger partial charge in [-0.1, -0.05) is 6.07 Å². The molecular weight excluding hydrogens is 198 g/mol. The van der Waals surface area contributed by atoms with Gasteiger partial charge in [-0.3, -0.25) is 0 Å². The molecule has 1 fully saturated rings. The van der Waals surface area contributed by atoms with Crippen molar-refractivity contribution in [2.75, 3.05) is 32.1 Å². The Bertz CT molecular complexity index is 406. The van der Waals surface area contributed by atoms with Crippen LogP contribution in [-0.2, 0) is 0 Å². The summed E-state index contributed by atoms with van der Waals surface area (Å²) in [6.07, 6.45) is 1.20. The maximum Gasteiger partial charge on any atom is 0.0992 e. The normalized spacial score (nSPS) is 20.1. The number of anilines is 1. The number of likely N-dealkylation sites (N-methyl/N-ethyl adjacent to an activating group) is 1. The van der Waals surface area contributed by atoms with Crippen molar-refractivity contribution in [3.05, 3.63) is 29.8 Å². The number of rotatable bonds is 2. The summed E-state index contributed by atoms with van der Waals surface area (Å²) in [5.74, 6) is 0. The predicted molar refractivity (Wildman–Crippen MR) is 65.5 cm³/mol. The molecule has 1 aliphatic rings. The van der Waals surface area contributed by atoms with E-state index < -0.39 is 0 Å². The fourth-order valence-electron chi connectivity index (χ4n) is 2.17. The maximum atomic E-state index is 8.87. The van der Waals surface area contributed by atoms with E-state index in [-0.39, 0.29) is 0 Å². The van der Waals surface area contributed by atoms with E-state index in [0.717, 1.165) is 18.7 Å². The lowest BCUT2D eigenvalue weighted by atomic mass is 10.2. The largest absolute Gasteiger partial charge is 0.370 e. The summed E-state index contributed by atoms with van der Waals surface area (Å²) in [5, 5.41) is 8.87. The van der Waals surface area contributed by atoms with Crippen molar-refractivity contribution in [1.82, 2.24) is 4.90 Å². The molecule has 84 valence electrons. The Balaban J connectivity index is 2.12. The Morgan fingerprint density at radius 3 is 2.88 bits per heavy atom. The van der Waals surface area contributed by atoms with Crippen molar-refractivity contribution in [3.8, 4) is 6.07 Å². The van der Waals surface area contributed by atoms with E-state index in [2.05, 4.69) is 36.0 Å². The van der Waals surface area contributed by atoms with Crippen LogP contribution in [0, 0.1) is 11.3 Å². The highest BCUT2D eigenvalue weighted by Crippen LogP contribution is 2.22. The second kappa shape index (κ2) is 4.54. The summed E-state index contributed by atoms with van der Waals surface area (Å²) in [4.78, 5) is 4.62. The van der Waals surface area contributed by atoms with Gasteiger partial charge < -0.3 is 9.80 Å². The lowest BCUT2D eigenvalue weighted by Crippen LogP contribution is -2.31. The molecule has 3 nitrogen and oxygen atoms in total. The number of nitriles is 1. The highest BCUT2D eigenvalue weighted by Gasteiger charge is 2.23. The highest BCUT2D eigenvalue weighted by atomic mass is 15.2. The van der Waals surface area contributed by atoms with E-state index in [4.69, 9.17) is 5.26 Å². The van der Waals surface area contributed by atoms with Gasteiger partial charge in [-0.2, -0.15) is 5.26 Å². The molecule has 1 aromatic carbocycles. The third-order valence-electron chi connectivity index (χ3n) is 3.23. The molecule has 2 rings (SSSR count). The first kappa shape index (κ1) is 11.0. The molecule has 1 unspecified atom stereocenters. The average molecular weight is 215 g/mol. The summed E-state index contributed by atoms with van der Waals surface area (Å²) in [5.41, 5.74) is 1.91. The Morgan fingerprint density at radius 2 is 2.25 bits per heavy atom. The number of nitrogens with zero attached hydrogens (tertiary/aromatic N) is 3. The monoisotopic (exact) mass is 215 g/mol. The third-order valence-corrected chi connectivity index (χ3v) is 3.23. The molecule has 0 aliphatic carbocycles. The van der Waals surface area contributed by atoms with Crippen LogP contribution >= 0.6 is 0 Å². The Kier molecular flexibility index (Phi) is 3.12. The lowest BCUT2D eigenvalue weighted by molar-refractivity contribution is 0.315. The van der Waals surface area contributed by atoms with E-state index in [9.17, 15) is 0 Å². The summed E-state index contributed by atoms with van der Waals surface area (Å²) in [7, 11) is 4.25. The first-order valence-corrected chi connectivity index (χ1v) is 5.62. The van der Waals surface area contributed by atoms with Crippen LogP contribution < -0.4 is 4.90 Å². The number of benzene rings is 1. The fourth-order valence-corrected chi connectivity index (χ4v) is 2.17. The van der Waals surface area contributed by atoms with Crippen LogP contribution in [0.4, 0.5) is 5.69 Å². The smallest absolute Gasteiger partial charge is 0.0992 e. The molecule has 0 saturated carbocycles. The first-order chi connectivity index (χ1) is 7.70. The minimum atomic E-state index is 0.630. The SMILES string of the molecule is CN(C)C1CCN(c2cccc(C#N)c2)C1. The van der Waals surface area contributed by atoms with E-state index in [1.165, 1.54) is 12.1 Å². The van der Waals surface area contributed by atoms with Crippen LogP contribution in [0.3, 0.4) is 0 Å². The van der Waals surface area contributed by atoms with Crippen molar-refractivity contribution in [1.29, 1.82) is 5.26 Å². The molecule has 0 spiro atoms. The van der Waals surface area contributed by atoms with Gasteiger partial charge in [-0.25, -0.2) is 0 Å². The van der Waals surface area contributed by atoms with Gasteiger partial charge >= 0.3 is 0 Å². The number of hydrogen-bond donors (Lipinski definition) is 0. The Hall–Kier alpha value is -1.53. The molecule has 0 amide bonds. The number of hydrogen-bond acceptors (Lipinski definition) is 3. The summed E-state index contributed by atoms with van der Waals surface area (Å²) in [6.45, 7) is 2.14. The molecule has 16 heavy (non-hydrogen) atoms. The molecule has 0 radical (unpaired) electrons. The van der Waals surface area contributed by atoms with Crippen LogP contribution in [0.1, 0.15) is 12.0 Å². The molecular formula is C13H17N3. The van der Waals surface area contributed by atoms with Crippen molar-refractivity contribution in [2.45, 2.75) is 12.5 Å². The topological polar surface area (TPSA) is 30.3 Å². The summed E-state index contributed by atoms with van der Waals surface area (Å²) >= 11 is 0. The second-order valence-electron chi connectivity index (χ2n) is 4.51. The molecule has 1 aliphatic heterocycles. The fraction of sp³-hybridized carbons (Fsp3) is 0.462.